The quantitative estimate of drug-likeness (QED) is 0.497. The van der Waals surface area contributed by atoms with Gasteiger partial charge in [-0.1, -0.05) is 37.3 Å². The Hall–Kier alpha value is -2.15. The molecule has 1 aromatic carbocycles. The van der Waals surface area contributed by atoms with Crippen LogP contribution in [0.5, 0.6) is 0 Å². The van der Waals surface area contributed by atoms with Gasteiger partial charge >= 0.3 is 5.97 Å². The number of hydrogen-bond acceptors (Lipinski definition) is 6. The molecule has 6 nitrogen and oxygen atoms in total. The van der Waals surface area contributed by atoms with Crippen molar-refractivity contribution in [3.63, 3.8) is 0 Å². The Morgan fingerprint density at radius 2 is 2.00 bits per heavy atom. The van der Waals surface area contributed by atoms with Crippen LogP contribution in [0.2, 0.25) is 0 Å². The number of ketones is 1. The molecule has 1 saturated carbocycles. The lowest BCUT2D eigenvalue weighted by Crippen LogP contribution is -2.54. The van der Waals surface area contributed by atoms with Gasteiger partial charge in [0.15, 0.2) is 15.6 Å². The fourth-order valence-electron chi connectivity index (χ4n) is 3.34. The fourth-order valence-corrected chi connectivity index (χ4v) is 4.80. The molecule has 0 spiro atoms. The number of carbonyl (C=O) groups excluding carboxylic acids is 2. The molecular formula is C18H21NO5S. The summed E-state index contributed by atoms with van der Waals surface area (Å²) >= 11 is 0. The summed E-state index contributed by atoms with van der Waals surface area (Å²) in [6.07, 6.45) is 2.26. The first-order valence-electron chi connectivity index (χ1n) is 8.41. The first-order chi connectivity index (χ1) is 11.9. The maximum Gasteiger partial charge on any atom is 0.354 e. The Bertz CT molecular complexity index is 800. The molecule has 1 heterocycles. The predicted octanol–water partition coefficient (Wildman–Crippen LogP) is 1.62. The van der Waals surface area contributed by atoms with E-state index in [9.17, 15) is 18.0 Å². The summed E-state index contributed by atoms with van der Waals surface area (Å²) in [4.78, 5) is 24.4. The van der Waals surface area contributed by atoms with Crippen molar-refractivity contribution in [2.45, 2.75) is 43.6 Å². The summed E-state index contributed by atoms with van der Waals surface area (Å²) in [6, 6.07) is 8.35. The van der Waals surface area contributed by atoms with E-state index < -0.39 is 21.1 Å². The number of esters is 1. The van der Waals surface area contributed by atoms with Crippen molar-refractivity contribution in [3.05, 3.63) is 47.7 Å². The molecule has 0 radical (unpaired) electrons. The van der Waals surface area contributed by atoms with Crippen molar-refractivity contribution in [2.75, 3.05) is 5.75 Å². The van der Waals surface area contributed by atoms with Gasteiger partial charge in [0.2, 0.25) is 0 Å². The highest BCUT2D eigenvalue weighted by Crippen LogP contribution is 2.30. The van der Waals surface area contributed by atoms with Crippen molar-refractivity contribution in [2.24, 2.45) is 0 Å². The number of rotatable bonds is 4. The van der Waals surface area contributed by atoms with Gasteiger partial charge in [-0.2, -0.15) is 0 Å². The highest BCUT2D eigenvalue weighted by molar-refractivity contribution is 7.92. The predicted molar refractivity (Wildman–Crippen MR) is 92.8 cm³/mol. The fraction of sp³-hybridized carbons (Fsp3) is 0.444. The summed E-state index contributed by atoms with van der Waals surface area (Å²) in [7, 11) is -3.14. The van der Waals surface area contributed by atoms with Crippen molar-refractivity contribution < 1.29 is 22.7 Å². The van der Waals surface area contributed by atoms with E-state index in [4.69, 9.17) is 4.74 Å². The zero-order valence-corrected chi connectivity index (χ0v) is 14.8. The van der Waals surface area contributed by atoms with E-state index in [1.54, 1.807) is 37.3 Å². The normalized spacial score (nSPS) is 28.0. The Kier molecular flexibility index (Phi) is 4.94. The largest absolute Gasteiger partial charge is 0.456 e. The summed E-state index contributed by atoms with van der Waals surface area (Å²) in [6.45, 7) is 1.64. The van der Waals surface area contributed by atoms with Gasteiger partial charge in [0.25, 0.3) is 0 Å². The molecule has 2 fully saturated rings. The first kappa shape index (κ1) is 17.7. The number of benzene rings is 1. The van der Waals surface area contributed by atoms with Gasteiger partial charge in [0, 0.05) is 17.4 Å². The number of morpholine rings is 1. The lowest BCUT2D eigenvalue weighted by molar-refractivity contribution is -0.151. The topological polar surface area (TPSA) is 89.5 Å². The molecule has 1 saturated heterocycles. The molecular weight excluding hydrogens is 342 g/mol. The van der Waals surface area contributed by atoms with Gasteiger partial charge in [0.05, 0.1) is 11.3 Å². The number of carbonyl (C=O) groups is 2. The summed E-state index contributed by atoms with van der Waals surface area (Å²) in [5.74, 6) is -0.765. The monoisotopic (exact) mass is 363 g/mol. The van der Waals surface area contributed by atoms with Crippen LogP contribution < -0.4 is 5.32 Å². The van der Waals surface area contributed by atoms with Crippen LogP contribution in [-0.4, -0.2) is 43.3 Å². The molecule has 1 N–H and O–H groups in total. The van der Waals surface area contributed by atoms with Crippen molar-refractivity contribution in [1.29, 1.82) is 0 Å². The van der Waals surface area contributed by atoms with Crippen LogP contribution in [-0.2, 0) is 19.4 Å². The Labute approximate surface area is 147 Å². The minimum Gasteiger partial charge on any atom is -0.456 e. The highest BCUT2D eigenvalue weighted by atomic mass is 32.2. The number of hydrogen-bond donors (Lipinski definition) is 1. The zero-order valence-electron chi connectivity index (χ0n) is 14.0. The van der Waals surface area contributed by atoms with Crippen molar-refractivity contribution >= 4 is 21.6 Å². The van der Waals surface area contributed by atoms with E-state index in [1.807, 2.05) is 0 Å². The molecule has 7 heteroatoms. The van der Waals surface area contributed by atoms with Crippen LogP contribution in [0, 0.1) is 0 Å². The zero-order chi connectivity index (χ0) is 18.0. The van der Waals surface area contributed by atoms with Crippen molar-refractivity contribution in [1.82, 2.24) is 5.32 Å². The SMILES string of the molecule is CCS(=O)(=O)C1CCC2OC(=O)/C(=C\C(=O)c3ccccc3)NC2C1. The average molecular weight is 363 g/mol. The summed E-state index contributed by atoms with van der Waals surface area (Å²) < 4.78 is 29.7. The molecule has 2 aliphatic rings. The van der Waals surface area contributed by atoms with E-state index in [1.165, 1.54) is 6.08 Å². The maximum atomic E-state index is 12.3. The third-order valence-electron chi connectivity index (χ3n) is 4.80. The molecule has 3 rings (SSSR count). The van der Waals surface area contributed by atoms with E-state index in [2.05, 4.69) is 5.32 Å². The third kappa shape index (κ3) is 3.76. The van der Waals surface area contributed by atoms with Gasteiger partial charge in [-0.05, 0) is 19.3 Å². The van der Waals surface area contributed by atoms with Crippen LogP contribution in [0.4, 0.5) is 0 Å². The Morgan fingerprint density at radius 3 is 2.68 bits per heavy atom. The molecule has 0 aromatic heterocycles. The summed E-state index contributed by atoms with van der Waals surface area (Å²) in [5.41, 5.74) is 0.562. The molecule has 1 aliphatic heterocycles. The number of ether oxygens (including phenoxy) is 1. The second-order valence-corrected chi connectivity index (χ2v) is 8.94. The molecule has 3 unspecified atom stereocenters. The van der Waals surface area contributed by atoms with Gasteiger partial charge in [-0.3, -0.25) is 4.79 Å². The third-order valence-corrected chi connectivity index (χ3v) is 7.05. The Morgan fingerprint density at radius 1 is 1.28 bits per heavy atom. The standard InChI is InChI=1S/C18H21NO5S/c1-2-25(22,23)13-8-9-17-14(10-13)19-15(18(21)24-17)11-16(20)12-6-4-3-5-7-12/h3-7,11,13-14,17,19H,2,8-10H2,1H3/b15-11+. The maximum absolute atomic E-state index is 12.3. The summed E-state index contributed by atoms with van der Waals surface area (Å²) in [5, 5.41) is 2.60. The van der Waals surface area contributed by atoms with Gasteiger partial charge in [-0.15, -0.1) is 0 Å². The van der Waals surface area contributed by atoms with Crippen LogP contribution in [0.15, 0.2) is 42.1 Å². The van der Waals surface area contributed by atoms with E-state index >= 15 is 0 Å². The van der Waals surface area contributed by atoms with Crippen molar-refractivity contribution in [3.8, 4) is 0 Å². The average Bonchev–Trinajstić information content (AvgIpc) is 2.62. The molecule has 25 heavy (non-hydrogen) atoms. The Balaban J connectivity index is 1.77. The van der Waals surface area contributed by atoms with Crippen LogP contribution >= 0.6 is 0 Å². The van der Waals surface area contributed by atoms with E-state index in [0.29, 0.717) is 24.8 Å². The second kappa shape index (κ2) is 7.00. The number of nitrogens with one attached hydrogen (secondary N) is 1. The van der Waals surface area contributed by atoms with Gasteiger partial charge in [-0.25, -0.2) is 13.2 Å². The lowest BCUT2D eigenvalue weighted by atomic mass is 9.90. The number of fused-ring (bicyclic) bond motifs is 1. The van der Waals surface area contributed by atoms with Crippen LogP contribution in [0.1, 0.15) is 36.5 Å². The lowest BCUT2D eigenvalue weighted by Gasteiger charge is -2.39. The highest BCUT2D eigenvalue weighted by Gasteiger charge is 2.41. The molecule has 3 atom stereocenters. The molecule has 1 aliphatic carbocycles. The van der Waals surface area contributed by atoms with E-state index in [0.717, 1.165) is 0 Å². The van der Waals surface area contributed by atoms with Crippen LogP contribution in [0.25, 0.3) is 0 Å². The first-order valence-corrected chi connectivity index (χ1v) is 10.1. The molecule has 0 bridgehead atoms. The number of sulfone groups is 1. The minimum absolute atomic E-state index is 0.0876. The van der Waals surface area contributed by atoms with Gasteiger partial charge in [0.1, 0.15) is 11.8 Å². The molecule has 134 valence electrons. The molecule has 0 amide bonds. The minimum atomic E-state index is -3.14. The second-order valence-electron chi connectivity index (χ2n) is 6.37. The van der Waals surface area contributed by atoms with E-state index in [-0.39, 0.29) is 29.4 Å². The smallest absolute Gasteiger partial charge is 0.354 e. The van der Waals surface area contributed by atoms with Gasteiger partial charge < -0.3 is 10.1 Å². The molecule has 1 aromatic rings. The van der Waals surface area contributed by atoms with Crippen LogP contribution in [0.3, 0.4) is 0 Å². The number of allylic oxidation sites excluding steroid dienone is 1.